The van der Waals surface area contributed by atoms with E-state index in [1.807, 2.05) is 0 Å². The van der Waals surface area contributed by atoms with Gasteiger partial charge in [-0.2, -0.15) is 13.2 Å². The molecule has 0 radical (unpaired) electrons. The normalized spacial score (nSPS) is 14.5. The fourth-order valence-corrected chi connectivity index (χ4v) is 4.40. The van der Waals surface area contributed by atoms with Gasteiger partial charge in [-0.3, -0.25) is 20.0 Å². The predicted octanol–water partition coefficient (Wildman–Crippen LogP) is 3.12. The van der Waals surface area contributed by atoms with E-state index >= 15 is 0 Å². The SMILES string of the molecule is COc1ncnc(OC)c1C(=O)Nc1nc(-c2ccc(C(F)(F)F)cn2)c(CN2CCOCC2)s1. The van der Waals surface area contributed by atoms with Gasteiger partial charge in [0.2, 0.25) is 11.8 Å². The van der Waals surface area contributed by atoms with Crippen molar-refractivity contribution in [1.29, 1.82) is 0 Å². The highest BCUT2D eigenvalue weighted by Gasteiger charge is 2.31. The molecule has 0 unspecified atom stereocenters. The van der Waals surface area contributed by atoms with Gasteiger partial charge in [-0.1, -0.05) is 11.3 Å². The van der Waals surface area contributed by atoms with Gasteiger partial charge in [0.05, 0.1) is 43.6 Å². The molecule has 0 bridgehead atoms. The molecule has 186 valence electrons. The van der Waals surface area contributed by atoms with E-state index in [0.717, 1.165) is 17.1 Å². The first-order chi connectivity index (χ1) is 16.8. The van der Waals surface area contributed by atoms with Crippen LogP contribution in [0.2, 0.25) is 0 Å². The van der Waals surface area contributed by atoms with E-state index in [4.69, 9.17) is 14.2 Å². The largest absolute Gasteiger partial charge is 0.480 e. The molecule has 0 aliphatic carbocycles. The Morgan fingerprint density at radius 2 is 1.83 bits per heavy atom. The molecule has 4 heterocycles. The number of nitrogens with zero attached hydrogens (tertiary/aromatic N) is 5. The zero-order valence-electron chi connectivity index (χ0n) is 18.8. The number of ether oxygens (including phenoxy) is 3. The molecule has 1 aliphatic rings. The zero-order valence-corrected chi connectivity index (χ0v) is 19.6. The third-order valence-corrected chi connectivity index (χ3v) is 6.07. The number of halogens is 3. The standard InChI is InChI=1S/C21H21F3N6O4S/c1-32-18-15(19(33-2)27-11-26-18)17(31)29-20-28-16(13-4-3-12(9-25-13)21(22,23)24)14(35-20)10-30-5-7-34-8-6-30/h3-4,9,11H,5-8,10H2,1-2H3,(H,28,29,31). The number of nitrogens with one attached hydrogen (secondary N) is 1. The van der Waals surface area contributed by atoms with Crippen LogP contribution >= 0.6 is 11.3 Å². The molecule has 4 rings (SSSR count). The molecule has 1 aliphatic heterocycles. The van der Waals surface area contributed by atoms with Crippen LogP contribution < -0.4 is 14.8 Å². The van der Waals surface area contributed by atoms with E-state index in [2.05, 4.69) is 30.2 Å². The Kier molecular flexibility index (Phi) is 7.42. The van der Waals surface area contributed by atoms with Crippen molar-refractivity contribution in [2.24, 2.45) is 0 Å². The zero-order chi connectivity index (χ0) is 25.0. The van der Waals surface area contributed by atoms with E-state index < -0.39 is 17.6 Å². The number of anilines is 1. The van der Waals surface area contributed by atoms with E-state index in [1.165, 1.54) is 38.0 Å². The average molecular weight is 510 g/mol. The Hall–Kier alpha value is -3.36. The molecule has 0 saturated carbocycles. The van der Waals surface area contributed by atoms with Crippen molar-refractivity contribution in [3.63, 3.8) is 0 Å². The average Bonchev–Trinajstić information content (AvgIpc) is 3.25. The summed E-state index contributed by atoms with van der Waals surface area (Å²) in [5.74, 6) is -0.578. The van der Waals surface area contributed by atoms with Gasteiger partial charge < -0.3 is 14.2 Å². The highest BCUT2D eigenvalue weighted by Crippen LogP contribution is 2.35. The first-order valence-corrected chi connectivity index (χ1v) is 11.2. The van der Waals surface area contributed by atoms with Gasteiger partial charge in [0.25, 0.3) is 5.91 Å². The number of alkyl halides is 3. The van der Waals surface area contributed by atoms with Crippen molar-refractivity contribution in [2.45, 2.75) is 12.7 Å². The second-order valence-electron chi connectivity index (χ2n) is 7.33. The predicted molar refractivity (Wildman–Crippen MR) is 120 cm³/mol. The van der Waals surface area contributed by atoms with Crippen molar-refractivity contribution in [3.05, 3.63) is 40.7 Å². The maximum atomic E-state index is 13.0. The second-order valence-corrected chi connectivity index (χ2v) is 8.41. The quantitative estimate of drug-likeness (QED) is 0.512. The van der Waals surface area contributed by atoms with Crippen LogP contribution in [0, 0.1) is 0 Å². The van der Waals surface area contributed by atoms with Crippen LogP contribution in [0.3, 0.4) is 0 Å². The molecule has 3 aromatic heterocycles. The van der Waals surface area contributed by atoms with E-state index in [9.17, 15) is 18.0 Å². The van der Waals surface area contributed by atoms with Crippen LogP contribution in [0.1, 0.15) is 20.8 Å². The molecular formula is C21H21F3N6O4S. The van der Waals surface area contributed by atoms with Gasteiger partial charge in [-0.05, 0) is 12.1 Å². The van der Waals surface area contributed by atoms with E-state index in [0.29, 0.717) is 38.5 Å². The highest BCUT2D eigenvalue weighted by atomic mass is 32.1. The lowest BCUT2D eigenvalue weighted by atomic mass is 10.2. The number of pyridine rings is 1. The molecule has 1 N–H and O–H groups in total. The molecule has 0 atom stereocenters. The number of carbonyl (C=O) groups is 1. The van der Waals surface area contributed by atoms with Crippen molar-refractivity contribution < 1.29 is 32.2 Å². The van der Waals surface area contributed by atoms with Crippen LogP contribution in [-0.4, -0.2) is 71.3 Å². The Labute approximate surface area is 202 Å². The number of aromatic nitrogens is 4. The molecule has 3 aromatic rings. The van der Waals surface area contributed by atoms with Gasteiger partial charge >= 0.3 is 6.18 Å². The minimum atomic E-state index is -4.50. The number of methoxy groups -OCH3 is 2. The van der Waals surface area contributed by atoms with Crippen LogP contribution in [-0.2, 0) is 17.5 Å². The summed E-state index contributed by atoms with van der Waals surface area (Å²) in [6, 6.07) is 2.22. The molecule has 10 nitrogen and oxygen atoms in total. The molecule has 1 amide bonds. The first-order valence-electron chi connectivity index (χ1n) is 10.4. The fourth-order valence-electron chi connectivity index (χ4n) is 3.39. The Bertz CT molecular complexity index is 1160. The lowest BCUT2D eigenvalue weighted by Gasteiger charge is -2.26. The molecule has 1 fully saturated rings. The summed E-state index contributed by atoms with van der Waals surface area (Å²) >= 11 is 1.20. The van der Waals surface area contributed by atoms with Gasteiger partial charge in [-0.25, -0.2) is 15.0 Å². The summed E-state index contributed by atoms with van der Waals surface area (Å²) in [5, 5.41) is 2.91. The Morgan fingerprint density at radius 3 is 2.40 bits per heavy atom. The summed E-state index contributed by atoms with van der Waals surface area (Å²) in [6.07, 6.45) is -2.53. The minimum Gasteiger partial charge on any atom is -0.480 e. The number of amides is 1. The van der Waals surface area contributed by atoms with Crippen LogP contribution in [0.15, 0.2) is 24.7 Å². The van der Waals surface area contributed by atoms with Crippen LogP contribution in [0.5, 0.6) is 11.8 Å². The highest BCUT2D eigenvalue weighted by molar-refractivity contribution is 7.16. The van der Waals surface area contributed by atoms with Crippen LogP contribution in [0.4, 0.5) is 18.3 Å². The Morgan fingerprint density at radius 1 is 1.14 bits per heavy atom. The molecular weight excluding hydrogens is 489 g/mol. The van der Waals surface area contributed by atoms with Crippen LogP contribution in [0.25, 0.3) is 11.4 Å². The molecule has 0 aromatic carbocycles. The number of rotatable bonds is 7. The van der Waals surface area contributed by atoms with Gasteiger partial charge in [0.15, 0.2) is 10.7 Å². The Balaban J connectivity index is 1.66. The van der Waals surface area contributed by atoms with E-state index in [-0.39, 0.29) is 28.1 Å². The number of carbonyl (C=O) groups excluding carboxylic acids is 1. The number of hydrogen-bond acceptors (Lipinski definition) is 10. The monoisotopic (exact) mass is 510 g/mol. The summed E-state index contributed by atoms with van der Waals surface area (Å²) < 4.78 is 54.7. The number of hydrogen-bond donors (Lipinski definition) is 1. The smallest absolute Gasteiger partial charge is 0.417 e. The molecule has 1 saturated heterocycles. The summed E-state index contributed by atoms with van der Waals surface area (Å²) in [5.41, 5.74) is -0.232. The summed E-state index contributed by atoms with van der Waals surface area (Å²) in [7, 11) is 2.72. The number of thiazole rings is 1. The summed E-state index contributed by atoms with van der Waals surface area (Å²) in [6.45, 7) is 2.99. The maximum absolute atomic E-state index is 13.0. The van der Waals surface area contributed by atoms with Gasteiger partial charge in [0.1, 0.15) is 12.0 Å². The van der Waals surface area contributed by atoms with E-state index in [1.54, 1.807) is 0 Å². The molecule has 0 spiro atoms. The minimum absolute atomic E-state index is 0.0170. The van der Waals surface area contributed by atoms with Crippen molar-refractivity contribution >= 4 is 22.4 Å². The molecule has 35 heavy (non-hydrogen) atoms. The first kappa shape index (κ1) is 24.8. The molecule has 14 heteroatoms. The van der Waals surface area contributed by atoms with Crippen molar-refractivity contribution in [1.82, 2.24) is 24.8 Å². The lowest BCUT2D eigenvalue weighted by Crippen LogP contribution is -2.35. The third kappa shape index (κ3) is 5.66. The number of morpholine rings is 1. The summed E-state index contributed by atoms with van der Waals surface area (Å²) in [4.78, 5) is 32.2. The van der Waals surface area contributed by atoms with Gasteiger partial charge in [0, 0.05) is 25.8 Å². The third-order valence-electron chi connectivity index (χ3n) is 5.11. The second kappa shape index (κ2) is 10.5. The maximum Gasteiger partial charge on any atom is 0.417 e. The van der Waals surface area contributed by atoms with Crippen molar-refractivity contribution in [3.8, 4) is 23.1 Å². The van der Waals surface area contributed by atoms with Crippen molar-refractivity contribution in [2.75, 3.05) is 45.8 Å². The lowest BCUT2D eigenvalue weighted by molar-refractivity contribution is -0.137. The topological polar surface area (TPSA) is 112 Å². The van der Waals surface area contributed by atoms with Gasteiger partial charge in [-0.15, -0.1) is 0 Å². The fraction of sp³-hybridized carbons (Fsp3) is 0.381.